The molecule has 6 nitrogen and oxygen atoms in total. The Bertz CT molecular complexity index is 917. The van der Waals surface area contributed by atoms with E-state index in [0.29, 0.717) is 22.8 Å². The molecule has 2 aromatic heterocycles. The largest absolute Gasteiger partial charge is 0.443 e. The number of carbonyl (C=O) groups excluding carboxylic acids is 1. The van der Waals surface area contributed by atoms with Crippen molar-refractivity contribution in [3.8, 4) is 11.8 Å². The van der Waals surface area contributed by atoms with Gasteiger partial charge < -0.3 is 9.73 Å². The maximum Gasteiger partial charge on any atom is 0.324 e. The third-order valence-electron chi connectivity index (χ3n) is 3.34. The molecule has 1 atom stereocenters. The van der Waals surface area contributed by atoms with E-state index in [1.165, 1.54) is 17.7 Å². The number of anilines is 1. The molecule has 7 heteroatoms. The molecule has 1 unspecified atom stereocenters. The summed E-state index contributed by atoms with van der Waals surface area (Å²) >= 11 is 1.45. The fraction of sp³-hybridized carbons (Fsp3) is 0.214. The summed E-state index contributed by atoms with van der Waals surface area (Å²) in [6.45, 7) is 2.27. The summed E-state index contributed by atoms with van der Waals surface area (Å²) in [6, 6.07) is 3.44. The first-order chi connectivity index (χ1) is 10.3. The number of fused-ring (bicyclic) bond motifs is 3. The van der Waals surface area contributed by atoms with Crippen LogP contribution in [0.25, 0.3) is 21.3 Å². The van der Waals surface area contributed by atoms with Crippen molar-refractivity contribution in [1.82, 2.24) is 15.3 Å². The molecular weight excluding hydrogens is 288 g/mol. The van der Waals surface area contributed by atoms with Gasteiger partial charge in [-0.2, -0.15) is 0 Å². The van der Waals surface area contributed by atoms with Gasteiger partial charge in [0.05, 0.1) is 11.2 Å². The van der Waals surface area contributed by atoms with Crippen molar-refractivity contribution in [1.29, 1.82) is 0 Å². The van der Waals surface area contributed by atoms with Crippen molar-refractivity contribution in [2.75, 3.05) is 11.4 Å². The van der Waals surface area contributed by atoms with Crippen LogP contribution < -0.4 is 10.2 Å². The minimum atomic E-state index is -0.184. The summed E-state index contributed by atoms with van der Waals surface area (Å²) in [5, 5.41) is 3.42. The summed E-state index contributed by atoms with van der Waals surface area (Å²) < 4.78 is 6.25. The Kier molecular flexibility index (Phi) is 2.59. The lowest BCUT2D eigenvalue weighted by molar-refractivity contribution is 0.252. The molecule has 1 aliphatic rings. The molecule has 0 radical (unpaired) electrons. The van der Waals surface area contributed by atoms with Gasteiger partial charge in [0.1, 0.15) is 17.1 Å². The van der Waals surface area contributed by atoms with Gasteiger partial charge in [-0.25, -0.2) is 14.8 Å². The molecule has 104 valence electrons. The molecular formula is C14H10N4O2S. The van der Waals surface area contributed by atoms with Gasteiger partial charge in [-0.1, -0.05) is 17.3 Å². The van der Waals surface area contributed by atoms with Crippen LogP contribution in [0.5, 0.6) is 0 Å². The number of hydrogen-bond acceptors (Lipinski definition) is 5. The van der Waals surface area contributed by atoms with Crippen molar-refractivity contribution in [3.05, 3.63) is 18.5 Å². The van der Waals surface area contributed by atoms with Crippen molar-refractivity contribution in [2.45, 2.75) is 13.0 Å². The molecule has 0 aliphatic carbocycles. The van der Waals surface area contributed by atoms with Gasteiger partial charge in [-0.15, -0.1) is 5.92 Å². The van der Waals surface area contributed by atoms with Crippen LogP contribution >= 0.6 is 11.3 Å². The highest BCUT2D eigenvalue weighted by atomic mass is 32.1. The van der Waals surface area contributed by atoms with Gasteiger partial charge in [0, 0.05) is 0 Å². The molecule has 1 aromatic carbocycles. The minimum Gasteiger partial charge on any atom is -0.443 e. The van der Waals surface area contributed by atoms with Crippen molar-refractivity contribution < 1.29 is 9.21 Å². The molecule has 0 saturated carbocycles. The SMILES string of the molecule is CC#CC1CNC(=O)N1c1nc2c(ccc3ocnc32)s1. The maximum absolute atomic E-state index is 12.0. The zero-order valence-corrected chi connectivity index (χ0v) is 11.9. The van der Waals surface area contributed by atoms with Crippen LogP contribution in [0.1, 0.15) is 6.92 Å². The molecule has 0 spiro atoms. The smallest absolute Gasteiger partial charge is 0.324 e. The number of thiazole rings is 1. The monoisotopic (exact) mass is 298 g/mol. The highest BCUT2D eigenvalue weighted by Crippen LogP contribution is 2.34. The molecule has 4 rings (SSSR count). The maximum atomic E-state index is 12.0. The van der Waals surface area contributed by atoms with E-state index in [0.717, 1.165) is 10.2 Å². The predicted octanol–water partition coefficient (Wildman–Crippen LogP) is 2.36. The molecule has 0 bridgehead atoms. The zero-order chi connectivity index (χ0) is 14.4. The third-order valence-corrected chi connectivity index (χ3v) is 4.36. The fourth-order valence-corrected chi connectivity index (χ4v) is 3.43. The number of hydrogen-bond donors (Lipinski definition) is 1. The summed E-state index contributed by atoms with van der Waals surface area (Å²) in [7, 11) is 0. The number of amides is 2. The van der Waals surface area contributed by atoms with E-state index >= 15 is 0 Å². The third kappa shape index (κ3) is 1.76. The Morgan fingerprint density at radius 1 is 1.48 bits per heavy atom. The number of carbonyl (C=O) groups is 1. The van der Waals surface area contributed by atoms with Crippen LogP contribution in [0, 0.1) is 11.8 Å². The van der Waals surface area contributed by atoms with Crippen molar-refractivity contribution in [2.24, 2.45) is 0 Å². The minimum absolute atomic E-state index is 0.168. The second-order valence-corrected chi connectivity index (χ2v) is 5.58. The number of nitrogens with one attached hydrogen (secondary N) is 1. The van der Waals surface area contributed by atoms with Crippen LogP contribution in [-0.2, 0) is 0 Å². The van der Waals surface area contributed by atoms with E-state index in [4.69, 9.17) is 4.42 Å². The van der Waals surface area contributed by atoms with Crippen LogP contribution in [0.3, 0.4) is 0 Å². The Hall–Kier alpha value is -2.59. The van der Waals surface area contributed by atoms with Crippen LogP contribution in [0.4, 0.5) is 9.93 Å². The molecule has 21 heavy (non-hydrogen) atoms. The first-order valence-corrected chi connectivity index (χ1v) is 7.21. The summed E-state index contributed by atoms with van der Waals surface area (Å²) in [4.78, 5) is 22.4. The van der Waals surface area contributed by atoms with E-state index in [1.54, 1.807) is 11.8 Å². The Morgan fingerprint density at radius 2 is 2.38 bits per heavy atom. The lowest BCUT2D eigenvalue weighted by Crippen LogP contribution is -2.33. The molecule has 1 aliphatic heterocycles. The van der Waals surface area contributed by atoms with Gasteiger partial charge in [0.15, 0.2) is 17.1 Å². The number of oxazole rings is 1. The highest BCUT2D eigenvalue weighted by Gasteiger charge is 2.33. The van der Waals surface area contributed by atoms with Gasteiger partial charge in [-0.3, -0.25) is 4.90 Å². The first-order valence-electron chi connectivity index (χ1n) is 6.40. The van der Waals surface area contributed by atoms with Gasteiger partial charge in [-0.05, 0) is 19.1 Å². The molecule has 3 aromatic rings. The van der Waals surface area contributed by atoms with Gasteiger partial charge in [0.2, 0.25) is 0 Å². The number of rotatable bonds is 1. The Morgan fingerprint density at radius 3 is 3.24 bits per heavy atom. The van der Waals surface area contributed by atoms with E-state index in [-0.39, 0.29) is 12.1 Å². The van der Waals surface area contributed by atoms with Crippen molar-refractivity contribution in [3.63, 3.8) is 0 Å². The molecule has 1 fully saturated rings. The Labute approximate surface area is 123 Å². The second-order valence-electron chi connectivity index (χ2n) is 4.57. The number of aromatic nitrogens is 2. The quantitative estimate of drug-likeness (QED) is 0.700. The van der Waals surface area contributed by atoms with Gasteiger partial charge in [0.25, 0.3) is 0 Å². The van der Waals surface area contributed by atoms with Crippen LogP contribution in [0.2, 0.25) is 0 Å². The fourth-order valence-electron chi connectivity index (χ4n) is 2.41. The number of urea groups is 1. The highest BCUT2D eigenvalue weighted by molar-refractivity contribution is 7.22. The van der Waals surface area contributed by atoms with Crippen LogP contribution in [0.15, 0.2) is 22.9 Å². The lowest BCUT2D eigenvalue weighted by atomic mass is 10.3. The number of nitrogens with zero attached hydrogens (tertiary/aromatic N) is 3. The summed E-state index contributed by atoms with van der Waals surface area (Å²) in [5.74, 6) is 5.88. The summed E-state index contributed by atoms with van der Waals surface area (Å²) in [5.41, 5.74) is 2.16. The molecule has 2 amide bonds. The van der Waals surface area contributed by atoms with E-state index in [9.17, 15) is 4.79 Å². The average molecular weight is 298 g/mol. The normalized spacial score (nSPS) is 18.0. The lowest BCUT2D eigenvalue weighted by Gasteiger charge is -2.14. The Balaban J connectivity index is 1.89. The predicted molar refractivity (Wildman–Crippen MR) is 80.3 cm³/mol. The van der Waals surface area contributed by atoms with Crippen molar-refractivity contribution >= 4 is 43.8 Å². The topological polar surface area (TPSA) is 71.3 Å². The standard InChI is InChI=1S/C14H10N4O2S/c1-2-3-8-6-15-13(19)18(8)14-17-12-10(21-14)5-4-9-11(12)16-7-20-9/h4-5,7-8H,6H2,1H3,(H,15,19). The van der Waals surface area contributed by atoms with E-state index < -0.39 is 0 Å². The second kappa shape index (κ2) is 4.46. The van der Waals surface area contributed by atoms with E-state index in [1.807, 2.05) is 12.1 Å². The molecule has 1 saturated heterocycles. The first kappa shape index (κ1) is 12.2. The summed E-state index contributed by atoms with van der Waals surface area (Å²) in [6.07, 6.45) is 1.40. The zero-order valence-electron chi connectivity index (χ0n) is 11.1. The van der Waals surface area contributed by atoms with E-state index in [2.05, 4.69) is 27.1 Å². The molecule has 1 N–H and O–H groups in total. The number of benzene rings is 1. The average Bonchev–Trinajstić information content (AvgIpc) is 3.15. The molecule has 3 heterocycles. The van der Waals surface area contributed by atoms with Gasteiger partial charge >= 0.3 is 6.03 Å². The van der Waals surface area contributed by atoms with Crippen LogP contribution in [-0.4, -0.2) is 28.6 Å².